The summed E-state index contributed by atoms with van der Waals surface area (Å²) in [5.74, 6) is -0.503. The number of hydrogen-bond acceptors (Lipinski definition) is 5. The topological polar surface area (TPSA) is 78.0 Å². The standard InChI is InChI=1S/C25H23FN4O3S/c1-28-21(31)14-20(27-19-12-11-17(34-2)13-18(19)26)22-23(28)29(15-7-4-3-5-8-15)25(33)30(24(22)32)16-9-6-10-16/h3-5,7-8,11-14,16,27H,6,9-10H2,1-2H3. The van der Waals surface area contributed by atoms with Gasteiger partial charge in [-0.2, -0.15) is 0 Å². The normalized spacial score (nSPS) is 13.7. The summed E-state index contributed by atoms with van der Waals surface area (Å²) in [6.45, 7) is 0. The van der Waals surface area contributed by atoms with Crippen LogP contribution in [0.3, 0.4) is 0 Å². The molecule has 0 atom stereocenters. The number of halogens is 1. The smallest absolute Gasteiger partial charge is 0.337 e. The van der Waals surface area contributed by atoms with Crippen LogP contribution in [-0.4, -0.2) is 20.0 Å². The molecule has 1 N–H and O–H groups in total. The minimum Gasteiger partial charge on any atom is -0.352 e. The van der Waals surface area contributed by atoms with Gasteiger partial charge in [0.1, 0.15) is 16.9 Å². The van der Waals surface area contributed by atoms with E-state index in [1.165, 1.54) is 44.6 Å². The third kappa shape index (κ3) is 3.56. The van der Waals surface area contributed by atoms with Crippen LogP contribution in [0.4, 0.5) is 15.8 Å². The molecule has 5 rings (SSSR count). The van der Waals surface area contributed by atoms with Gasteiger partial charge in [0.05, 0.1) is 17.1 Å². The minimum absolute atomic E-state index is 0.138. The zero-order chi connectivity index (χ0) is 24.0. The number of nitrogens with zero attached hydrogens (tertiary/aromatic N) is 3. The summed E-state index contributed by atoms with van der Waals surface area (Å²) in [4.78, 5) is 41.0. The Morgan fingerprint density at radius 1 is 1.00 bits per heavy atom. The van der Waals surface area contributed by atoms with Crippen LogP contribution in [0.25, 0.3) is 16.7 Å². The van der Waals surface area contributed by atoms with E-state index in [1.54, 1.807) is 36.4 Å². The van der Waals surface area contributed by atoms with Crippen LogP contribution in [0.2, 0.25) is 0 Å². The molecule has 2 aromatic heterocycles. The Labute approximate surface area is 198 Å². The summed E-state index contributed by atoms with van der Waals surface area (Å²) >= 11 is 1.41. The number of thioether (sulfide) groups is 1. The molecule has 9 heteroatoms. The highest BCUT2D eigenvalue weighted by Crippen LogP contribution is 2.31. The first-order chi connectivity index (χ1) is 16.4. The van der Waals surface area contributed by atoms with E-state index in [0.717, 1.165) is 24.2 Å². The zero-order valence-corrected chi connectivity index (χ0v) is 19.6. The van der Waals surface area contributed by atoms with Gasteiger partial charge in [-0.15, -0.1) is 11.8 Å². The molecule has 0 amide bonds. The molecule has 0 spiro atoms. The average molecular weight is 479 g/mol. The molecule has 34 heavy (non-hydrogen) atoms. The number of nitrogens with one attached hydrogen (secondary N) is 1. The maximum absolute atomic E-state index is 14.8. The number of rotatable bonds is 5. The molecule has 1 aliphatic carbocycles. The summed E-state index contributed by atoms with van der Waals surface area (Å²) in [6, 6.07) is 14.7. The Bertz CT molecular complexity index is 1590. The van der Waals surface area contributed by atoms with E-state index in [9.17, 15) is 18.8 Å². The van der Waals surface area contributed by atoms with Crippen molar-refractivity contribution in [2.24, 2.45) is 7.05 Å². The predicted octanol–water partition coefficient (Wildman–Crippen LogP) is 4.18. The van der Waals surface area contributed by atoms with Gasteiger partial charge < -0.3 is 5.32 Å². The number of benzene rings is 2. The molecular formula is C25H23FN4O3S. The van der Waals surface area contributed by atoms with Crippen LogP contribution in [0.5, 0.6) is 0 Å². The number of aromatic nitrogens is 3. The number of hydrogen-bond donors (Lipinski definition) is 1. The molecule has 2 aromatic carbocycles. The first-order valence-corrected chi connectivity index (χ1v) is 12.2. The zero-order valence-electron chi connectivity index (χ0n) is 18.7. The van der Waals surface area contributed by atoms with Crippen molar-refractivity contribution >= 4 is 34.2 Å². The van der Waals surface area contributed by atoms with Gasteiger partial charge in [0.2, 0.25) is 0 Å². The Morgan fingerprint density at radius 3 is 2.35 bits per heavy atom. The molecule has 1 fully saturated rings. The van der Waals surface area contributed by atoms with Crippen LogP contribution < -0.4 is 22.1 Å². The van der Waals surface area contributed by atoms with Gasteiger partial charge in [-0.3, -0.25) is 18.7 Å². The van der Waals surface area contributed by atoms with Crippen molar-refractivity contribution in [3.05, 3.63) is 91.6 Å². The fourth-order valence-corrected chi connectivity index (χ4v) is 4.73. The number of fused-ring (bicyclic) bond motifs is 1. The fraction of sp³-hybridized carbons (Fsp3) is 0.240. The summed E-state index contributed by atoms with van der Waals surface area (Å²) in [6.07, 6.45) is 4.25. The minimum atomic E-state index is -0.503. The molecule has 174 valence electrons. The molecular weight excluding hydrogens is 455 g/mol. The van der Waals surface area contributed by atoms with Crippen molar-refractivity contribution in [1.29, 1.82) is 0 Å². The Hall–Kier alpha value is -3.59. The second-order valence-electron chi connectivity index (χ2n) is 8.34. The van der Waals surface area contributed by atoms with Crippen molar-refractivity contribution in [2.75, 3.05) is 11.6 Å². The molecule has 0 saturated heterocycles. The summed E-state index contributed by atoms with van der Waals surface area (Å²) in [5.41, 5.74) is -0.412. The summed E-state index contributed by atoms with van der Waals surface area (Å²) in [7, 11) is 1.52. The van der Waals surface area contributed by atoms with E-state index in [-0.39, 0.29) is 28.5 Å². The molecule has 1 aliphatic rings. The molecule has 4 aromatic rings. The van der Waals surface area contributed by atoms with Crippen molar-refractivity contribution in [2.45, 2.75) is 30.2 Å². The fourth-order valence-electron chi connectivity index (χ4n) is 4.31. The third-order valence-electron chi connectivity index (χ3n) is 6.35. The molecule has 0 unspecified atom stereocenters. The van der Waals surface area contributed by atoms with Crippen molar-refractivity contribution < 1.29 is 4.39 Å². The SMILES string of the molecule is CSc1ccc(Nc2cc(=O)n(C)c3c2c(=O)n(C2CCC2)c(=O)n3-c2ccccc2)c(F)c1. The first-order valence-electron chi connectivity index (χ1n) is 11.0. The van der Waals surface area contributed by atoms with Crippen LogP contribution >= 0.6 is 11.8 Å². The predicted molar refractivity (Wildman–Crippen MR) is 133 cm³/mol. The quantitative estimate of drug-likeness (QED) is 0.436. The molecule has 0 radical (unpaired) electrons. The highest BCUT2D eigenvalue weighted by molar-refractivity contribution is 7.98. The van der Waals surface area contributed by atoms with E-state index < -0.39 is 22.6 Å². The first kappa shape index (κ1) is 22.2. The van der Waals surface area contributed by atoms with E-state index in [1.807, 2.05) is 12.3 Å². The van der Waals surface area contributed by atoms with Gasteiger partial charge in [-0.05, 0) is 55.9 Å². The molecule has 1 saturated carbocycles. The Kier molecular flexibility index (Phi) is 5.65. The summed E-state index contributed by atoms with van der Waals surface area (Å²) < 4.78 is 18.7. The van der Waals surface area contributed by atoms with Crippen molar-refractivity contribution in [1.82, 2.24) is 13.7 Å². The molecule has 2 heterocycles. The van der Waals surface area contributed by atoms with E-state index in [4.69, 9.17) is 0 Å². The molecule has 0 aliphatic heterocycles. The Morgan fingerprint density at radius 2 is 1.74 bits per heavy atom. The lowest BCUT2D eigenvalue weighted by Crippen LogP contribution is -2.45. The van der Waals surface area contributed by atoms with Crippen molar-refractivity contribution in [3.8, 4) is 5.69 Å². The number of para-hydroxylation sites is 1. The number of anilines is 2. The largest absolute Gasteiger partial charge is 0.352 e. The lowest BCUT2D eigenvalue weighted by molar-refractivity contribution is 0.295. The average Bonchev–Trinajstić information content (AvgIpc) is 2.80. The van der Waals surface area contributed by atoms with Gasteiger partial charge in [-0.1, -0.05) is 18.2 Å². The second-order valence-corrected chi connectivity index (χ2v) is 9.22. The maximum Gasteiger partial charge on any atom is 0.337 e. The van der Waals surface area contributed by atoms with Crippen LogP contribution in [0, 0.1) is 5.82 Å². The monoisotopic (exact) mass is 478 g/mol. The number of pyridine rings is 1. The lowest BCUT2D eigenvalue weighted by atomic mass is 9.93. The third-order valence-corrected chi connectivity index (χ3v) is 7.08. The van der Waals surface area contributed by atoms with Crippen LogP contribution in [0.1, 0.15) is 25.3 Å². The maximum atomic E-state index is 14.8. The van der Waals surface area contributed by atoms with Gasteiger partial charge in [-0.25, -0.2) is 13.8 Å². The second kappa shape index (κ2) is 8.64. The van der Waals surface area contributed by atoms with Gasteiger partial charge in [0.25, 0.3) is 11.1 Å². The van der Waals surface area contributed by atoms with E-state index in [2.05, 4.69) is 5.32 Å². The lowest BCUT2D eigenvalue weighted by Gasteiger charge is -2.28. The van der Waals surface area contributed by atoms with Gasteiger partial charge in [0.15, 0.2) is 0 Å². The Balaban J connectivity index is 1.87. The van der Waals surface area contributed by atoms with Crippen molar-refractivity contribution in [3.63, 3.8) is 0 Å². The van der Waals surface area contributed by atoms with Crippen LogP contribution in [-0.2, 0) is 7.05 Å². The van der Waals surface area contributed by atoms with E-state index in [0.29, 0.717) is 5.69 Å². The van der Waals surface area contributed by atoms with Gasteiger partial charge >= 0.3 is 5.69 Å². The molecule has 0 bridgehead atoms. The van der Waals surface area contributed by atoms with Gasteiger partial charge in [0, 0.05) is 24.1 Å². The number of aryl methyl sites for hydroxylation is 1. The van der Waals surface area contributed by atoms with E-state index >= 15 is 0 Å². The highest BCUT2D eigenvalue weighted by atomic mass is 32.2. The summed E-state index contributed by atoms with van der Waals surface area (Å²) in [5, 5.41) is 3.11. The highest BCUT2D eigenvalue weighted by Gasteiger charge is 2.28. The molecule has 7 nitrogen and oxygen atoms in total. The van der Waals surface area contributed by atoms with Crippen LogP contribution in [0.15, 0.2) is 73.9 Å².